The van der Waals surface area contributed by atoms with Crippen molar-refractivity contribution in [1.82, 2.24) is 14.8 Å². The highest BCUT2D eigenvalue weighted by Crippen LogP contribution is 2.46. The van der Waals surface area contributed by atoms with Gasteiger partial charge in [-0.3, -0.25) is 4.79 Å². The van der Waals surface area contributed by atoms with Crippen molar-refractivity contribution in [2.45, 2.75) is 75.9 Å². The van der Waals surface area contributed by atoms with E-state index in [1.165, 1.54) is 53.7 Å². The molecule has 3 aliphatic carbocycles. The number of hydrogen-bond donors (Lipinski definition) is 1. The molecule has 1 atom stereocenters. The number of aromatic nitrogens is 3. The summed E-state index contributed by atoms with van der Waals surface area (Å²) in [5.41, 5.74) is 1.62. The van der Waals surface area contributed by atoms with Gasteiger partial charge in [-0.05, 0) is 63.4 Å². The molecule has 3 aliphatic rings. The Kier molecular flexibility index (Phi) is 5.81. The Bertz CT molecular complexity index is 1010. The second-order valence-electron chi connectivity index (χ2n) is 8.83. The quantitative estimate of drug-likeness (QED) is 0.458. The Balaban J connectivity index is 1.30. The molecule has 1 N–H and O–H groups in total. The van der Waals surface area contributed by atoms with Crippen molar-refractivity contribution in [1.29, 1.82) is 0 Å². The lowest BCUT2D eigenvalue weighted by molar-refractivity contribution is -0.113. The van der Waals surface area contributed by atoms with Crippen molar-refractivity contribution < 1.29 is 14.3 Å². The molecule has 5 rings (SSSR count). The maximum absolute atomic E-state index is 12.8. The lowest BCUT2D eigenvalue weighted by atomic mass is 9.88. The third-order valence-electron chi connectivity index (χ3n) is 6.12. The first-order chi connectivity index (χ1) is 15.0. The molecule has 2 aromatic rings. The number of esters is 1. The van der Waals surface area contributed by atoms with E-state index in [0.717, 1.165) is 35.8 Å². The molecule has 2 saturated carbocycles. The topological polar surface area (TPSA) is 86.1 Å². The van der Waals surface area contributed by atoms with E-state index in [2.05, 4.69) is 27.0 Å². The lowest BCUT2D eigenvalue weighted by Gasteiger charge is -2.18. The normalized spacial score (nSPS) is 20.4. The van der Waals surface area contributed by atoms with Gasteiger partial charge < -0.3 is 14.6 Å². The van der Waals surface area contributed by atoms with Crippen LogP contribution in [0.2, 0.25) is 0 Å². The van der Waals surface area contributed by atoms with Gasteiger partial charge in [0.25, 0.3) is 0 Å². The van der Waals surface area contributed by atoms with Crippen LogP contribution in [-0.2, 0) is 22.4 Å². The fourth-order valence-corrected chi connectivity index (χ4v) is 6.46. The van der Waals surface area contributed by atoms with Crippen LogP contribution in [0.5, 0.6) is 0 Å². The molecule has 0 aliphatic heterocycles. The Morgan fingerprint density at radius 1 is 1.23 bits per heavy atom. The number of thiophene rings is 1. The van der Waals surface area contributed by atoms with Gasteiger partial charge in [0.1, 0.15) is 10.8 Å². The van der Waals surface area contributed by atoms with E-state index in [0.29, 0.717) is 35.0 Å². The summed E-state index contributed by atoms with van der Waals surface area (Å²) >= 11 is 2.96. The minimum Gasteiger partial charge on any atom is -0.462 e. The highest BCUT2D eigenvalue weighted by atomic mass is 32.2. The summed E-state index contributed by atoms with van der Waals surface area (Å²) in [6.07, 6.45) is 7.58. The number of amides is 1. The first kappa shape index (κ1) is 21.0. The number of fused-ring (bicyclic) bond motifs is 1. The number of nitrogens with zero attached hydrogens (tertiary/aromatic N) is 3. The minimum atomic E-state index is -0.333. The van der Waals surface area contributed by atoms with Crippen molar-refractivity contribution in [3.8, 4) is 0 Å². The van der Waals surface area contributed by atoms with Gasteiger partial charge in [0.2, 0.25) is 5.91 Å². The molecular formula is C22H28N4O3S2. The van der Waals surface area contributed by atoms with Crippen molar-refractivity contribution in [3.63, 3.8) is 0 Å². The van der Waals surface area contributed by atoms with Crippen LogP contribution in [0.4, 0.5) is 5.00 Å². The van der Waals surface area contributed by atoms with Crippen molar-refractivity contribution >= 4 is 40.0 Å². The second-order valence-corrected chi connectivity index (χ2v) is 10.9. The van der Waals surface area contributed by atoms with Crippen LogP contribution in [-0.4, -0.2) is 39.0 Å². The Labute approximate surface area is 190 Å². The van der Waals surface area contributed by atoms with Crippen LogP contribution in [0.1, 0.15) is 84.5 Å². The molecule has 0 saturated heterocycles. The van der Waals surface area contributed by atoms with Crippen LogP contribution in [0, 0.1) is 5.92 Å². The zero-order valence-corrected chi connectivity index (χ0v) is 19.6. The predicted molar refractivity (Wildman–Crippen MR) is 121 cm³/mol. The van der Waals surface area contributed by atoms with E-state index in [9.17, 15) is 9.59 Å². The van der Waals surface area contributed by atoms with E-state index in [4.69, 9.17) is 4.74 Å². The first-order valence-electron chi connectivity index (χ1n) is 11.2. The number of carbonyl (C=O) groups is 2. The van der Waals surface area contributed by atoms with Crippen molar-refractivity contribution in [2.24, 2.45) is 5.92 Å². The fraction of sp³-hybridized carbons (Fsp3) is 0.636. The first-order valence-corrected chi connectivity index (χ1v) is 13.0. The summed E-state index contributed by atoms with van der Waals surface area (Å²) in [5, 5.41) is 13.3. The molecule has 0 radical (unpaired) electrons. The maximum atomic E-state index is 12.8. The number of thioether (sulfide) groups is 1. The highest BCUT2D eigenvalue weighted by molar-refractivity contribution is 7.99. The smallest absolute Gasteiger partial charge is 0.341 e. The number of nitrogens with one attached hydrogen (secondary N) is 1. The molecule has 0 spiro atoms. The summed E-state index contributed by atoms with van der Waals surface area (Å²) < 4.78 is 7.56. The van der Waals surface area contributed by atoms with Crippen LogP contribution < -0.4 is 5.32 Å². The number of rotatable bonds is 8. The van der Waals surface area contributed by atoms with Gasteiger partial charge in [-0.2, -0.15) is 0 Å². The van der Waals surface area contributed by atoms with Crippen LogP contribution in [0.15, 0.2) is 5.16 Å². The van der Waals surface area contributed by atoms with Crippen molar-refractivity contribution in [3.05, 3.63) is 21.8 Å². The standard InChI is InChI=1S/C22H28N4O3S2/c1-3-29-21(28)18-15-9-4-12(2)10-16(15)31-20(18)23-17(27)11-30-22-25-24-19(13-5-6-13)26(22)14-7-8-14/h12-14H,3-11H2,1-2H3,(H,23,27). The van der Waals surface area contributed by atoms with Gasteiger partial charge in [0.05, 0.1) is 17.9 Å². The minimum absolute atomic E-state index is 0.125. The number of anilines is 1. The monoisotopic (exact) mass is 460 g/mol. The predicted octanol–water partition coefficient (Wildman–Crippen LogP) is 4.58. The molecule has 2 fully saturated rings. The van der Waals surface area contributed by atoms with E-state index < -0.39 is 0 Å². The summed E-state index contributed by atoms with van der Waals surface area (Å²) in [6.45, 7) is 4.36. The highest BCUT2D eigenvalue weighted by Gasteiger charge is 2.36. The summed E-state index contributed by atoms with van der Waals surface area (Å²) in [4.78, 5) is 26.7. The largest absolute Gasteiger partial charge is 0.462 e. The van der Waals surface area contributed by atoms with Gasteiger partial charge in [0.15, 0.2) is 5.16 Å². The van der Waals surface area contributed by atoms with Gasteiger partial charge in [0, 0.05) is 16.8 Å². The van der Waals surface area contributed by atoms with Gasteiger partial charge in [-0.1, -0.05) is 18.7 Å². The molecule has 1 unspecified atom stereocenters. The molecule has 0 bridgehead atoms. The molecule has 166 valence electrons. The molecule has 2 heterocycles. The zero-order valence-electron chi connectivity index (χ0n) is 18.0. The zero-order chi connectivity index (χ0) is 21.5. The Morgan fingerprint density at radius 2 is 2.03 bits per heavy atom. The van der Waals surface area contributed by atoms with Crippen LogP contribution in [0.25, 0.3) is 0 Å². The maximum Gasteiger partial charge on any atom is 0.341 e. The van der Waals surface area contributed by atoms with Gasteiger partial charge in [-0.25, -0.2) is 4.79 Å². The Hall–Kier alpha value is -1.87. The van der Waals surface area contributed by atoms with Gasteiger partial charge in [-0.15, -0.1) is 21.5 Å². The van der Waals surface area contributed by atoms with Gasteiger partial charge >= 0.3 is 5.97 Å². The number of carbonyl (C=O) groups excluding carboxylic acids is 2. The number of ether oxygens (including phenoxy) is 1. The number of hydrogen-bond acceptors (Lipinski definition) is 7. The fourth-order valence-electron chi connectivity index (χ4n) is 4.23. The third kappa shape index (κ3) is 4.39. The molecule has 0 aromatic carbocycles. The second kappa shape index (κ2) is 8.58. The molecule has 31 heavy (non-hydrogen) atoms. The average Bonchev–Trinajstić information content (AvgIpc) is 3.67. The van der Waals surface area contributed by atoms with E-state index >= 15 is 0 Å². The van der Waals surface area contributed by atoms with E-state index in [1.54, 1.807) is 6.92 Å². The molecule has 7 nitrogen and oxygen atoms in total. The van der Waals surface area contributed by atoms with E-state index in [1.807, 2.05) is 0 Å². The van der Waals surface area contributed by atoms with E-state index in [-0.39, 0.29) is 17.6 Å². The van der Waals surface area contributed by atoms with Crippen LogP contribution >= 0.6 is 23.1 Å². The Morgan fingerprint density at radius 3 is 2.74 bits per heavy atom. The summed E-state index contributed by atoms with van der Waals surface area (Å²) in [7, 11) is 0. The SMILES string of the molecule is CCOC(=O)c1c(NC(=O)CSc2nnc(C3CC3)n2C2CC2)sc2c1CCC(C)C2. The molecular weight excluding hydrogens is 432 g/mol. The third-order valence-corrected chi connectivity index (χ3v) is 8.23. The molecule has 9 heteroatoms. The van der Waals surface area contributed by atoms with Crippen molar-refractivity contribution in [2.75, 3.05) is 17.7 Å². The average molecular weight is 461 g/mol. The molecule has 1 amide bonds. The van der Waals surface area contributed by atoms with Crippen LogP contribution in [0.3, 0.4) is 0 Å². The summed E-state index contributed by atoms with van der Waals surface area (Å²) in [5.74, 6) is 2.02. The lowest BCUT2D eigenvalue weighted by Crippen LogP contribution is -2.18. The molecule has 2 aromatic heterocycles. The summed E-state index contributed by atoms with van der Waals surface area (Å²) in [6, 6.07) is 0.498.